The number of methoxy groups -OCH3 is 1. The minimum Gasteiger partial charge on any atom is -0.480 e. The lowest BCUT2D eigenvalue weighted by Crippen LogP contribution is -2.32. The lowest BCUT2D eigenvalue weighted by atomic mass is 10.0. The number of hydrogen-bond acceptors (Lipinski definition) is 7. The number of benzene rings is 2. The number of anilines is 1. The fourth-order valence-corrected chi connectivity index (χ4v) is 5.63. The fourth-order valence-electron chi connectivity index (χ4n) is 4.03. The molecule has 4 aromatic rings. The molecule has 41 heavy (non-hydrogen) atoms. The third-order valence-electron chi connectivity index (χ3n) is 6.16. The first kappa shape index (κ1) is 29.8. The van der Waals surface area contributed by atoms with Crippen LogP contribution in [-0.4, -0.2) is 43.0 Å². The predicted octanol–water partition coefficient (Wildman–Crippen LogP) is 4.32. The lowest BCUT2D eigenvalue weighted by Gasteiger charge is -2.15. The van der Waals surface area contributed by atoms with Crippen molar-refractivity contribution in [3.8, 4) is 17.0 Å². The first-order valence-electron chi connectivity index (χ1n) is 11.9. The van der Waals surface area contributed by atoms with E-state index >= 15 is 0 Å². The molecule has 1 amide bonds. The van der Waals surface area contributed by atoms with Crippen molar-refractivity contribution in [3.63, 3.8) is 0 Å². The summed E-state index contributed by atoms with van der Waals surface area (Å²) >= 11 is 5.90. The van der Waals surface area contributed by atoms with Crippen LogP contribution in [0.2, 0.25) is 5.02 Å². The normalized spacial score (nSPS) is 12.7. The van der Waals surface area contributed by atoms with Crippen molar-refractivity contribution in [3.05, 3.63) is 75.9 Å². The topological polar surface area (TPSA) is 132 Å². The zero-order valence-corrected chi connectivity index (χ0v) is 23.4. The van der Waals surface area contributed by atoms with E-state index in [9.17, 15) is 31.2 Å². The van der Waals surface area contributed by atoms with E-state index in [0.29, 0.717) is 28.8 Å². The molecule has 0 radical (unpaired) electrons. The number of amides is 1. The highest BCUT2D eigenvalue weighted by molar-refractivity contribution is 7.92. The molecule has 4 rings (SSSR count). The predicted molar refractivity (Wildman–Crippen MR) is 146 cm³/mol. The van der Waals surface area contributed by atoms with E-state index in [4.69, 9.17) is 16.3 Å². The van der Waals surface area contributed by atoms with Crippen LogP contribution in [0.3, 0.4) is 0 Å². The molecule has 2 aromatic heterocycles. The van der Waals surface area contributed by atoms with Crippen molar-refractivity contribution in [2.75, 3.05) is 18.9 Å². The summed E-state index contributed by atoms with van der Waals surface area (Å²) in [6, 6.07) is 8.09. The number of aromatic nitrogens is 3. The molecular weight excluding hydrogens is 587 g/mol. The molecule has 2 aromatic carbocycles. The molecule has 2 N–H and O–H groups in total. The van der Waals surface area contributed by atoms with Crippen LogP contribution in [0.25, 0.3) is 22.0 Å². The summed E-state index contributed by atoms with van der Waals surface area (Å²) in [6.07, 6.45) is -1.95. The van der Waals surface area contributed by atoms with Crippen molar-refractivity contribution in [1.29, 1.82) is 0 Å². The van der Waals surface area contributed by atoms with Crippen molar-refractivity contribution >= 4 is 44.1 Å². The highest BCUT2D eigenvalue weighted by atomic mass is 35.5. The molecule has 1 atom stereocenters. The average Bonchev–Trinajstić information content (AvgIpc) is 2.93. The Morgan fingerprint density at radius 2 is 1.85 bits per heavy atom. The van der Waals surface area contributed by atoms with Gasteiger partial charge < -0.3 is 10.1 Å². The van der Waals surface area contributed by atoms with Gasteiger partial charge in [-0.2, -0.15) is 13.2 Å². The number of nitrogens with zero attached hydrogens (tertiary/aromatic N) is 3. The van der Waals surface area contributed by atoms with E-state index in [0.717, 1.165) is 6.07 Å². The summed E-state index contributed by atoms with van der Waals surface area (Å²) in [4.78, 5) is 32.9. The summed E-state index contributed by atoms with van der Waals surface area (Å²) in [7, 11) is -1.71. The number of hydrogen-bond donors (Lipinski definition) is 2. The Morgan fingerprint density at radius 3 is 2.49 bits per heavy atom. The molecule has 0 saturated heterocycles. The lowest BCUT2D eigenvalue weighted by molar-refractivity contribution is -0.137. The molecule has 0 bridgehead atoms. The number of rotatable bonds is 8. The largest absolute Gasteiger partial charge is 0.480 e. The van der Waals surface area contributed by atoms with Crippen molar-refractivity contribution < 1.29 is 31.1 Å². The number of alkyl halides is 3. The first-order valence-corrected chi connectivity index (χ1v) is 13.8. The van der Waals surface area contributed by atoms with Gasteiger partial charge in [0, 0.05) is 25.4 Å². The molecule has 0 aliphatic heterocycles. The van der Waals surface area contributed by atoms with Gasteiger partial charge in [-0.3, -0.25) is 18.9 Å². The van der Waals surface area contributed by atoms with Gasteiger partial charge in [-0.1, -0.05) is 24.6 Å². The molecule has 15 heteroatoms. The van der Waals surface area contributed by atoms with Crippen LogP contribution in [0, 0.1) is 5.92 Å². The van der Waals surface area contributed by atoms with Crippen LogP contribution < -0.4 is 20.3 Å². The van der Waals surface area contributed by atoms with Crippen molar-refractivity contribution in [2.45, 2.75) is 24.5 Å². The van der Waals surface area contributed by atoms with Gasteiger partial charge in [0.05, 0.1) is 40.8 Å². The molecule has 0 spiro atoms. The third kappa shape index (κ3) is 6.28. The Bertz CT molecular complexity index is 1810. The molecule has 0 aliphatic carbocycles. The zero-order chi connectivity index (χ0) is 30.1. The Labute approximate surface area is 237 Å². The summed E-state index contributed by atoms with van der Waals surface area (Å²) in [5.41, 5.74) is -0.331. The van der Waals surface area contributed by atoms with E-state index in [1.54, 1.807) is 25.1 Å². The van der Waals surface area contributed by atoms with E-state index < -0.39 is 37.6 Å². The van der Waals surface area contributed by atoms with E-state index in [1.165, 1.54) is 37.3 Å². The SMILES string of the molecule is CNC(=O)[C@@H](C)Cn1cnc2ccc(-c3cnc(OC)c(NS(=O)(=O)c4ccc(C(F)(F)F)cc4Cl)c3)cc2c1=O. The second kappa shape index (κ2) is 11.4. The quantitative estimate of drug-likeness (QED) is 0.304. The third-order valence-corrected chi connectivity index (χ3v) is 8.01. The smallest absolute Gasteiger partial charge is 0.416 e. The molecule has 0 fully saturated rings. The summed E-state index contributed by atoms with van der Waals surface area (Å²) in [5.74, 6) is -0.837. The van der Waals surface area contributed by atoms with Crippen molar-refractivity contribution in [2.24, 2.45) is 5.92 Å². The summed E-state index contributed by atoms with van der Waals surface area (Å²) < 4.78 is 73.9. The molecule has 10 nitrogen and oxygen atoms in total. The minimum atomic E-state index is -4.71. The maximum absolute atomic E-state index is 13.2. The van der Waals surface area contributed by atoms with Gasteiger partial charge in [0.2, 0.25) is 11.8 Å². The first-order chi connectivity index (χ1) is 19.2. The molecule has 0 saturated carbocycles. The maximum Gasteiger partial charge on any atom is 0.416 e. The average molecular weight is 610 g/mol. The van der Waals surface area contributed by atoms with Crippen molar-refractivity contribution in [1.82, 2.24) is 19.9 Å². The van der Waals surface area contributed by atoms with Gasteiger partial charge in [-0.05, 0) is 42.0 Å². The number of fused-ring (bicyclic) bond motifs is 1. The zero-order valence-electron chi connectivity index (χ0n) is 21.8. The highest BCUT2D eigenvalue weighted by Gasteiger charge is 2.32. The van der Waals surface area contributed by atoms with Gasteiger partial charge in [-0.15, -0.1) is 0 Å². The van der Waals surface area contributed by atoms with E-state index in [-0.39, 0.29) is 35.0 Å². The standard InChI is InChI=1S/C26H23ClF3N5O5S/c1-14(23(36)31-2)12-35-13-33-20-6-4-15(8-18(20)25(35)37)16-9-21(24(40-3)32-11-16)34-41(38,39)22-7-5-17(10-19(22)27)26(28,29)30/h4-11,13-14,34H,12H2,1-3H3,(H,31,36)/t14-/m0/s1. The molecule has 216 valence electrons. The molecule has 0 unspecified atom stereocenters. The number of carbonyl (C=O) groups excluding carboxylic acids is 1. The second-order valence-electron chi connectivity index (χ2n) is 8.98. The Morgan fingerprint density at radius 1 is 1.12 bits per heavy atom. The summed E-state index contributed by atoms with van der Waals surface area (Å²) in [6.45, 7) is 1.78. The Balaban J connectivity index is 1.72. The van der Waals surface area contributed by atoms with Gasteiger partial charge >= 0.3 is 6.18 Å². The summed E-state index contributed by atoms with van der Waals surface area (Å²) in [5, 5.41) is 2.16. The Kier molecular flexibility index (Phi) is 8.27. The van der Waals surface area contributed by atoms with Crippen LogP contribution in [0.4, 0.5) is 18.9 Å². The van der Waals surface area contributed by atoms with Gasteiger partial charge in [0.15, 0.2) is 0 Å². The van der Waals surface area contributed by atoms with E-state index in [1.807, 2.05) is 0 Å². The maximum atomic E-state index is 13.2. The van der Waals surface area contributed by atoms with Gasteiger partial charge in [-0.25, -0.2) is 18.4 Å². The monoisotopic (exact) mass is 609 g/mol. The van der Waals surface area contributed by atoms with Gasteiger partial charge in [0.25, 0.3) is 15.6 Å². The van der Waals surface area contributed by atoms with Crippen LogP contribution in [0.15, 0.2) is 64.7 Å². The van der Waals surface area contributed by atoms with E-state index in [2.05, 4.69) is 20.0 Å². The fraction of sp³-hybridized carbons (Fsp3) is 0.231. The van der Waals surface area contributed by atoms with Gasteiger partial charge in [0.1, 0.15) is 10.6 Å². The molecule has 0 aliphatic rings. The van der Waals surface area contributed by atoms with Crippen LogP contribution in [0.5, 0.6) is 5.88 Å². The second-order valence-corrected chi connectivity index (χ2v) is 11.0. The van der Waals surface area contributed by atoms with Crippen LogP contribution in [0.1, 0.15) is 12.5 Å². The number of carbonyl (C=O) groups is 1. The number of halogens is 4. The molecular formula is C26H23ClF3N5O5S. The molecule has 2 heterocycles. The number of nitrogens with one attached hydrogen (secondary N) is 2. The number of ether oxygens (including phenoxy) is 1. The Hall–Kier alpha value is -4.17. The number of sulfonamides is 1. The minimum absolute atomic E-state index is 0.105. The highest BCUT2D eigenvalue weighted by Crippen LogP contribution is 2.35. The van der Waals surface area contributed by atoms with Crippen LogP contribution >= 0.6 is 11.6 Å². The van der Waals surface area contributed by atoms with Crippen LogP contribution in [-0.2, 0) is 27.5 Å². The number of pyridine rings is 1.